The highest BCUT2D eigenvalue weighted by atomic mass is 35.5. The summed E-state index contributed by atoms with van der Waals surface area (Å²) in [6.07, 6.45) is 0. The molecule has 0 radical (unpaired) electrons. The molecule has 0 unspecified atom stereocenters. The van der Waals surface area contributed by atoms with Crippen LogP contribution in [-0.4, -0.2) is 16.6 Å². The number of hydrogen-bond acceptors (Lipinski definition) is 3. The van der Waals surface area contributed by atoms with Crippen molar-refractivity contribution in [1.29, 1.82) is 0 Å². The number of aromatic nitrogens is 2. The van der Waals surface area contributed by atoms with E-state index in [2.05, 4.69) is 9.97 Å². The maximum absolute atomic E-state index is 11.0. The van der Waals surface area contributed by atoms with Crippen LogP contribution in [0.4, 0.5) is 0 Å². The first-order chi connectivity index (χ1) is 6.26. The molecule has 72 valence electrons. The Morgan fingerprint density at radius 1 is 1.69 bits per heavy atom. The van der Waals surface area contributed by atoms with Gasteiger partial charge in [0, 0.05) is 12.7 Å². The van der Waals surface area contributed by atoms with Gasteiger partial charge in [0.1, 0.15) is 5.82 Å². The van der Waals surface area contributed by atoms with Gasteiger partial charge in [-0.1, -0.05) is 0 Å². The summed E-state index contributed by atoms with van der Waals surface area (Å²) < 4.78 is 5.12. The van der Waals surface area contributed by atoms with Gasteiger partial charge in [0.05, 0.1) is 18.2 Å². The Labute approximate surface area is 80.9 Å². The molecule has 1 N–H and O–H groups in total. The van der Waals surface area contributed by atoms with E-state index in [1.54, 1.807) is 0 Å². The number of halogens is 1. The van der Waals surface area contributed by atoms with E-state index in [-0.39, 0.29) is 11.4 Å². The van der Waals surface area contributed by atoms with Gasteiger partial charge in [0.2, 0.25) is 0 Å². The van der Waals surface area contributed by atoms with Gasteiger partial charge in [-0.2, -0.15) is 0 Å². The van der Waals surface area contributed by atoms with Gasteiger partial charge in [0.15, 0.2) is 0 Å². The fourth-order valence-corrected chi connectivity index (χ4v) is 1.03. The molecule has 0 aliphatic rings. The monoisotopic (exact) mass is 202 g/mol. The quantitative estimate of drug-likeness (QED) is 0.743. The van der Waals surface area contributed by atoms with Gasteiger partial charge in [0.25, 0.3) is 5.56 Å². The molecule has 0 bridgehead atoms. The van der Waals surface area contributed by atoms with Crippen molar-refractivity contribution in [2.24, 2.45) is 0 Å². The van der Waals surface area contributed by atoms with Crippen molar-refractivity contribution in [3.8, 4) is 0 Å². The fourth-order valence-electron chi connectivity index (χ4n) is 0.907. The Bertz CT molecular complexity index is 324. The highest BCUT2D eigenvalue weighted by Crippen LogP contribution is 1.97. The first kappa shape index (κ1) is 10.2. The van der Waals surface area contributed by atoms with E-state index < -0.39 is 0 Å². The SMILES string of the molecule is CCOCc1cc(=O)[nH]c(CCl)n1. The molecule has 0 aromatic carbocycles. The van der Waals surface area contributed by atoms with Crippen LogP contribution in [0.1, 0.15) is 18.4 Å². The third-order valence-corrected chi connectivity index (χ3v) is 1.68. The van der Waals surface area contributed by atoms with E-state index in [0.29, 0.717) is 24.7 Å². The van der Waals surface area contributed by atoms with Crippen molar-refractivity contribution in [2.45, 2.75) is 19.4 Å². The zero-order valence-corrected chi connectivity index (χ0v) is 8.10. The summed E-state index contributed by atoms with van der Waals surface area (Å²) in [4.78, 5) is 17.6. The second-order valence-electron chi connectivity index (χ2n) is 2.45. The molecule has 1 rings (SSSR count). The Balaban J connectivity index is 2.82. The van der Waals surface area contributed by atoms with Crippen LogP contribution in [0.15, 0.2) is 10.9 Å². The molecule has 4 nitrogen and oxygen atoms in total. The van der Waals surface area contributed by atoms with Crippen molar-refractivity contribution in [3.05, 3.63) is 27.9 Å². The molecular weight excluding hydrogens is 192 g/mol. The third-order valence-electron chi connectivity index (χ3n) is 1.42. The number of rotatable bonds is 4. The lowest BCUT2D eigenvalue weighted by Gasteiger charge is -2.01. The molecule has 13 heavy (non-hydrogen) atoms. The summed E-state index contributed by atoms with van der Waals surface area (Å²) in [6, 6.07) is 1.41. The van der Waals surface area contributed by atoms with Crippen LogP contribution in [0, 0.1) is 0 Å². The van der Waals surface area contributed by atoms with E-state index in [1.807, 2.05) is 6.92 Å². The van der Waals surface area contributed by atoms with Gasteiger partial charge < -0.3 is 9.72 Å². The van der Waals surface area contributed by atoms with E-state index in [9.17, 15) is 4.79 Å². The highest BCUT2D eigenvalue weighted by Gasteiger charge is 1.99. The summed E-state index contributed by atoms with van der Waals surface area (Å²) >= 11 is 5.53. The third kappa shape index (κ3) is 3.16. The zero-order valence-electron chi connectivity index (χ0n) is 7.34. The van der Waals surface area contributed by atoms with Crippen LogP contribution in [0.25, 0.3) is 0 Å². The second-order valence-corrected chi connectivity index (χ2v) is 2.72. The van der Waals surface area contributed by atoms with Crippen molar-refractivity contribution >= 4 is 11.6 Å². The lowest BCUT2D eigenvalue weighted by atomic mass is 10.4. The molecule has 0 aliphatic heterocycles. The van der Waals surface area contributed by atoms with Crippen LogP contribution in [-0.2, 0) is 17.2 Å². The number of nitrogens with one attached hydrogen (secondary N) is 1. The number of aromatic amines is 1. The molecule has 1 heterocycles. The van der Waals surface area contributed by atoms with Crippen molar-refractivity contribution < 1.29 is 4.74 Å². The van der Waals surface area contributed by atoms with Gasteiger partial charge in [-0.05, 0) is 6.92 Å². The van der Waals surface area contributed by atoms with Gasteiger partial charge in [-0.25, -0.2) is 4.98 Å². The van der Waals surface area contributed by atoms with Crippen molar-refractivity contribution in [3.63, 3.8) is 0 Å². The molecule has 0 saturated heterocycles. The maximum Gasteiger partial charge on any atom is 0.251 e. The van der Waals surface area contributed by atoms with E-state index in [4.69, 9.17) is 16.3 Å². The minimum Gasteiger partial charge on any atom is -0.375 e. The summed E-state index contributed by atoms with van der Waals surface area (Å²) in [7, 11) is 0. The average molecular weight is 203 g/mol. The van der Waals surface area contributed by atoms with Gasteiger partial charge in [-0.3, -0.25) is 4.79 Å². The van der Waals surface area contributed by atoms with Crippen molar-refractivity contribution in [2.75, 3.05) is 6.61 Å². The first-order valence-electron chi connectivity index (χ1n) is 3.99. The lowest BCUT2D eigenvalue weighted by molar-refractivity contribution is 0.131. The van der Waals surface area contributed by atoms with Crippen LogP contribution < -0.4 is 5.56 Å². The van der Waals surface area contributed by atoms with Crippen LogP contribution in [0.3, 0.4) is 0 Å². The number of alkyl halides is 1. The maximum atomic E-state index is 11.0. The summed E-state index contributed by atoms with van der Waals surface area (Å²) in [5.74, 6) is 0.679. The summed E-state index contributed by atoms with van der Waals surface area (Å²) in [5, 5.41) is 0. The molecular formula is C8H11ClN2O2. The Morgan fingerprint density at radius 3 is 3.08 bits per heavy atom. The average Bonchev–Trinajstić information content (AvgIpc) is 2.14. The lowest BCUT2D eigenvalue weighted by Crippen LogP contribution is -2.12. The molecule has 1 aromatic rings. The van der Waals surface area contributed by atoms with Gasteiger partial charge in [-0.15, -0.1) is 11.6 Å². The zero-order chi connectivity index (χ0) is 9.68. The molecule has 0 saturated carbocycles. The minimum absolute atomic E-state index is 0.194. The second kappa shape index (κ2) is 4.99. The molecule has 0 fully saturated rings. The highest BCUT2D eigenvalue weighted by molar-refractivity contribution is 6.16. The van der Waals surface area contributed by atoms with E-state index in [1.165, 1.54) is 6.07 Å². The van der Waals surface area contributed by atoms with Crippen LogP contribution in [0.5, 0.6) is 0 Å². The predicted octanol–water partition coefficient (Wildman–Crippen LogP) is 1.05. The summed E-state index contributed by atoms with van der Waals surface area (Å²) in [5.41, 5.74) is 0.418. The van der Waals surface area contributed by atoms with Crippen LogP contribution >= 0.6 is 11.6 Å². The number of ether oxygens (including phenoxy) is 1. The molecule has 0 amide bonds. The molecule has 0 aliphatic carbocycles. The molecule has 1 aromatic heterocycles. The van der Waals surface area contributed by atoms with E-state index in [0.717, 1.165) is 0 Å². The largest absolute Gasteiger partial charge is 0.375 e. The molecule has 0 atom stereocenters. The normalized spacial score (nSPS) is 10.3. The summed E-state index contributed by atoms with van der Waals surface area (Å²) in [6.45, 7) is 2.84. The smallest absolute Gasteiger partial charge is 0.251 e. The topological polar surface area (TPSA) is 55.0 Å². The van der Waals surface area contributed by atoms with Crippen molar-refractivity contribution in [1.82, 2.24) is 9.97 Å². The minimum atomic E-state index is -0.194. The number of hydrogen-bond donors (Lipinski definition) is 1. The molecule has 0 spiro atoms. The van der Waals surface area contributed by atoms with Gasteiger partial charge >= 0.3 is 0 Å². The number of nitrogens with zero attached hydrogens (tertiary/aromatic N) is 1. The van der Waals surface area contributed by atoms with Crippen LogP contribution in [0.2, 0.25) is 0 Å². The Hall–Kier alpha value is -0.870. The van der Waals surface area contributed by atoms with E-state index >= 15 is 0 Å². The fraction of sp³-hybridized carbons (Fsp3) is 0.500. The first-order valence-corrected chi connectivity index (χ1v) is 4.52. The Kier molecular flexibility index (Phi) is 3.92. The predicted molar refractivity (Wildman–Crippen MR) is 49.7 cm³/mol. The molecule has 5 heteroatoms. The standard InChI is InChI=1S/C8H11ClN2O2/c1-2-13-5-6-3-8(12)11-7(4-9)10-6/h3H,2,4-5H2,1H3,(H,10,11,12). The number of H-pyrrole nitrogens is 1. The Morgan fingerprint density at radius 2 is 2.46 bits per heavy atom.